The van der Waals surface area contributed by atoms with E-state index in [1.54, 1.807) is 26.0 Å². The van der Waals surface area contributed by atoms with Crippen LogP contribution < -0.4 is 5.32 Å². The Hall–Kier alpha value is -2.28. The number of rotatable bonds is 4. The number of aromatic nitrogens is 2. The summed E-state index contributed by atoms with van der Waals surface area (Å²) in [5, 5.41) is 13.7. The molecule has 1 unspecified atom stereocenters. The van der Waals surface area contributed by atoms with E-state index in [2.05, 4.69) is 15.3 Å². The summed E-state index contributed by atoms with van der Waals surface area (Å²) in [5.74, 6) is -0.343. The third-order valence-electron chi connectivity index (χ3n) is 2.99. The minimum Gasteiger partial charge on any atom is -0.358 e. The van der Waals surface area contributed by atoms with Crippen LogP contribution in [0.1, 0.15) is 24.1 Å². The Kier molecular flexibility index (Phi) is 4.32. The Bertz CT molecular complexity index is 696. The number of hydrogen-bond acceptors (Lipinski definition) is 5. The Labute approximate surface area is 125 Å². The fraction of sp³-hybridized carbons (Fsp3) is 0.231. The third-order valence-corrected chi connectivity index (χ3v) is 3.17. The smallest absolute Gasteiger partial charge is 0.329 e. The fourth-order valence-corrected chi connectivity index (χ4v) is 1.89. The van der Waals surface area contributed by atoms with Crippen LogP contribution in [0.2, 0.25) is 5.28 Å². The molecule has 1 N–H and O–H groups in total. The lowest BCUT2D eigenvalue weighted by Crippen LogP contribution is -2.11. The summed E-state index contributed by atoms with van der Waals surface area (Å²) in [5.41, 5.74) is 0.878. The van der Waals surface area contributed by atoms with E-state index in [1.807, 2.05) is 0 Å². The molecule has 0 aliphatic heterocycles. The highest BCUT2D eigenvalue weighted by molar-refractivity contribution is 6.28. The molecule has 6 nitrogen and oxygen atoms in total. The standard InChI is InChI=1S/C13H12ClFN4O2/c1-7-3-4-9(5-10(7)15)8(2)17-12-11(19(20)21)6-16-13(14)18-12/h3-6,8H,1-2H3,(H,16,17,18). The van der Waals surface area contributed by atoms with Gasteiger partial charge in [-0.25, -0.2) is 9.37 Å². The van der Waals surface area contributed by atoms with Gasteiger partial charge in [0.25, 0.3) is 0 Å². The quantitative estimate of drug-likeness (QED) is 0.529. The molecule has 1 heterocycles. The van der Waals surface area contributed by atoms with Crippen molar-refractivity contribution in [2.45, 2.75) is 19.9 Å². The van der Waals surface area contributed by atoms with Crippen LogP contribution in [-0.4, -0.2) is 14.9 Å². The van der Waals surface area contributed by atoms with Gasteiger partial charge >= 0.3 is 5.69 Å². The van der Waals surface area contributed by atoms with Crippen LogP contribution >= 0.6 is 11.6 Å². The summed E-state index contributed by atoms with van der Waals surface area (Å²) in [7, 11) is 0. The normalized spacial score (nSPS) is 12.0. The van der Waals surface area contributed by atoms with Crippen molar-refractivity contribution in [2.75, 3.05) is 5.32 Å². The zero-order valence-corrected chi connectivity index (χ0v) is 12.1. The Morgan fingerprint density at radius 3 is 2.81 bits per heavy atom. The van der Waals surface area contributed by atoms with Crippen LogP contribution in [0.4, 0.5) is 15.9 Å². The first-order chi connectivity index (χ1) is 9.88. The summed E-state index contributed by atoms with van der Waals surface area (Å²) in [4.78, 5) is 17.7. The highest BCUT2D eigenvalue weighted by Gasteiger charge is 2.19. The van der Waals surface area contributed by atoms with E-state index in [0.717, 1.165) is 6.20 Å². The molecule has 1 aromatic heterocycles. The number of nitrogens with one attached hydrogen (secondary N) is 1. The number of anilines is 1. The van der Waals surface area contributed by atoms with E-state index >= 15 is 0 Å². The molecular formula is C13H12ClFN4O2. The first-order valence-corrected chi connectivity index (χ1v) is 6.46. The molecule has 8 heteroatoms. The van der Waals surface area contributed by atoms with E-state index in [1.165, 1.54) is 6.07 Å². The molecule has 110 valence electrons. The Morgan fingerprint density at radius 1 is 1.48 bits per heavy atom. The second kappa shape index (κ2) is 6.01. The molecule has 0 fully saturated rings. The zero-order valence-electron chi connectivity index (χ0n) is 11.3. The van der Waals surface area contributed by atoms with E-state index in [4.69, 9.17) is 11.6 Å². The van der Waals surface area contributed by atoms with Gasteiger partial charge in [0.1, 0.15) is 12.0 Å². The summed E-state index contributed by atoms with van der Waals surface area (Å²) in [6, 6.07) is 4.38. The van der Waals surface area contributed by atoms with Gasteiger partial charge in [-0.15, -0.1) is 0 Å². The lowest BCUT2D eigenvalue weighted by molar-refractivity contribution is -0.384. The van der Waals surface area contributed by atoms with Crippen LogP contribution in [-0.2, 0) is 0 Å². The van der Waals surface area contributed by atoms with Crippen molar-refractivity contribution in [3.8, 4) is 0 Å². The first kappa shape index (κ1) is 15.1. The van der Waals surface area contributed by atoms with Gasteiger partial charge in [0.05, 0.1) is 11.0 Å². The predicted octanol–water partition coefficient (Wildman–Crippen LogP) is 3.66. The van der Waals surface area contributed by atoms with Gasteiger partial charge in [0.15, 0.2) is 0 Å². The van der Waals surface area contributed by atoms with E-state index < -0.39 is 4.92 Å². The van der Waals surface area contributed by atoms with Gasteiger partial charge in [-0.1, -0.05) is 12.1 Å². The minimum atomic E-state index is -0.610. The molecule has 0 saturated carbocycles. The molecule has 0 aliphatic carbocycles. The number of nitrogens with zero attached hydrogens (tertiary/aromatic N) is 3. The van der Waals surface area contributed by atoms with Gasteiger partial charge in [-0.3, -0.25) is 10.1 Å². The van der Waals surface area contributed by atoms with Crippen molar-refractivity contribution in [1.29, 1.82) is 0 Å². The topological polar surface area (TPSA) is 81.0 Å². The van der Waals surface area contributed by atoms with Crippen molar-refractivity contribution in [3.05, 3.63) is 56.7 Å². The fourth-order valence-electron chi connectivity index (χ4n) is 1.76. The van der Waals surface area contributed by atoms with Crippen LogP contribution in [0.15, 0.2) is 24.4 Å². The van der Waals surface area contributed by atoms with Crippen molar-refractivity contribution in [3.63, 3.8) is 0 Å². The molecule has 0 amide bonds. The maximum atomic E-state index is 13.6. The summed E-state index contributed by atoms with van der Waals surface area (Å²) >= 11 is 5.65. The molecule has 2 rings (SSSR count). The van der Waals surface area contributed by atoms with Crippen LogP contribution in [0, 0.1) is 22.9 Å². The Balaban J connectivity index is 2.30. The van der Waals surface area contributed by atoms with Gasteiger partial charge in [0.2, 0.25) is 11.1 Å². The Morgan fingerprint density at radius 2 is 2.19 bits per heavy atom. The zero-order chi connectivity index (χ0) is 15.6. The maximum absolute atomic E-state index is 13.6. The lowest BCUT2D eigenvalue weighted by atomic mass is 10.1. The molecule has 1 aromatic carbocycles. The number of hydrogen-bond donors (Lipinski definition) is 1. The molecule has 2 aromatic rings. The summed E-state index contributed by atoms with van der Waals surface area (Å²) in [6.45, 7) is 3.40. The van der Waals surface area contributed by atoms with Gasteiger partial charge in [0, 0.05) is 0 Å². The first-order valence-electron chi connectivity index (χ1n) is 6.08. The van der Waals surface area contributed by atoms with Crippen molar-refractivity contribution in [1.82, 2.24) is 9.97 Å². The van der Waals surface area contributed by atoms with Crippen LogP contribution in [0.25, 0.3) is 0 Å². The molecule has 21 heavy (non-hydrogen) atoms. The second-order valence-corrected chi connectivity index (χ2v) is 4.84. The molecule has 0 bridgehead atoms. The molecule has 0 aliphatic rings. The van der Waals surface area contributed by atoms with Crippen LogP contribution in [0.3, 0.4) is 0 Å². The van der Waals surface area contributed by atoms with Gasteiger partial charge in [-0.2, -0.15) is 4.98 Å². The SMILES string of the molecule is Cc1ccc(C(C)Nc2nc(Cl)ncc2[N+](=O)[O-])cc1F. The van der Waals surface area contributed by atoms with Gasteiger partial charge < -0.3 is 5.32 Å². The third kappa shape index (κ3) is 3.43. The summed E-state index contributed by atoms with van der Waals surface area (Å²) in [6.07, 6.45) is 1.03. The molecule has 1 atom stereocenters. The van der Waals surface area contributed by atoms with Crippen molar-refractivity contribution >= 4 is 23.1 Å². The number of benzene rings is 1. The predicted molar refractivity (Wildman–Crippen MR) is 76.9 cm³/mol. The van der Waals surface area contributed by atoms with Crippen molar-refractivity contribution in [2.24, 2.45) is 0 Å². The maximum Gasteiger partial charge on any atom is 0.329 e. The number of halogens is 2. The van der Waals surface area contributed by atoms with Gasteiger partial charge in [-0.05, 0) is 42.6 Å². The molecular weight excluding hydrogens is 299 g/mol. The second-order valence-electron chi connectivity index (χ2n) is 4.50. The van der Waals surface area contributed by atoms with E-state index in [-0.39, 0.29) is 28.6 Å². The average molecular weight is 311 g/mol. The van der Waals surface area contributed by atoms with E-state index in [0.29, 0.717) is 11.1 Å². The number of nitro groups is 1. The van der Waals surface area contributed by atoms with Crippen molar-refractivity contribution < 1.29 is 9.31 Å². The highest BCUT2D eigenvalue weighted by atomic mass is 35.5. The molecule has 0 saturated heterocycles. The monoisotopic (exact) mass is 310 g/mol. The average Bonchev–Trinajstić information content (AvgIpc) is 2.41. The lowest BCUT2D eigenvalue weighted by Gasteiger charge is -2.15. The van der Waals surface area contributed by atoms with Crippen LogP contribution in [0.5, 0.6) is 0 Å². The number of aryl methyl sites for hydroxylation is 1. The largest absolute Gasteiger partial charge is 0.358 e. The minimum absolute atomic E-state index is 0.00603. The highest BCUT2D eigenvalue weighted by Crippen LogP contribution is 2.27. The molecule has 0 spiro atoms. The van der Waals surface area contributed by atoms with E-state index in [9.17, 15) is 14.5 Å². The molecule has 0 radical (unpaired) electrons. The summed E-state index contributed by atoms with van der Waals surface area (Å²) < 4.78 is 13.6.